The first-order valence-corrected chi connectivity index (χ1v) is 6.91. The summed E-state index contributed by atoms with van der Waals surface area (Å²) < 4.78 is 3.14. The predicted octanol–water partition coefficient (Wildman–Crippen LogP) is 1.85. The van der Waals surface area contributed by atoms with Crippen LogP contribution in [0.15, 0.2) is 29.2 Å². The summed E-state index contributed by atoms with van der Waals surface area (Å²) >= 11 is 0. The van der Waals surface area contributed by atoms with Crippen LogP contribution in [0.4, 0.5) is 0 Å². The second kappa shape index (κ2) is 4.91. The van der Waals surface area contributed by atoms with Gasteiger partial charge in [-0.05, 0) is 37.6 Å². The molecule has 0 saturated heterocycles. The first-order valence-electron chi connectivity index (χ1n) is 6.91. The minimum absolute atomic E-state index is 0.106. The van der Waals surface area contributed by atoms with E-state index in [2.05, 4.69) is 10.1 Å². The summed E-state index contributed by atoms with van der Waals surface area (Å²) in [6, 6.07) is 5.32. The third-order valence-corrected chi connectivity index (χ3v) is 3.75. The van der Waals surface area contributed by atoms with Crippen molar-refractivity contribution in [3.8, 4) is 11.5 Å². The van der Waals surface area contributed by atoms with Crippen LogP contribution < -0.4 is 5.56 Å². The van der Waals surface area contributed by atoms with Gasteiger partial charge in [0.2, 0.25) is 0 Å². The van der Waals surface area contributed by atoms with Gasteiger partial charge in [0.05, 0.1) is 10.9 Å². The number of benzene rings is 1. The first kappa shape index (κ1) is 14.2. The molecule has 0 aliphatic rings. The van der Waals surface area contributed by atoms with Crippen LogP contribution in [0.5, 0.6) is 0 Å². The fourth-order valence-electron chi connectivity index (χ4n) is 2.61. The molecule has 0 N–H and O–H groups in total. The molecule has 0 fully saturated rings. The monoisotopic (exact) mass is 296 g/mol. The van der Waals surface area contributed by atoms with Crippen LogP contribution in [-0.2, 0) is 14.1 Å². The summed E-state index contributed by atoms with van der Waals surface area (Å²) in [5.41, 5.74) is 2.32. The van der Waals surface area contributed by atoms with E-state index in [4.69, 9.17) is 0 Å². The van der Waals surface area contributed by atoms with Crippen molar-refractivity contribution in [1.82, 2.24) is 19.3 Å². The van der Waals surface area contributed by atoms with E-state index in [0.29, 0.717) is 22.3 Å². The van der Waals surface area contributed by atoms with Crippen molar-refractivity contribution in [1.29, 1.82) is 0 Å². The van der Waals surface area contributed by atoms with Crippen molar-refractivity contribution >= 4 is 16.7 Å². The lowest BCUT2D eigenvalue weighted by Gasteiger charge is -2.11. The van der Waals surface area contributed by atoms with Crippen LogP contribution in [0.25, 0.3) is 22.4 Å². The molecule has 0 bridgehead atoms. The van der Waals surface area contributed by atoms with E-state index < -0.39 is 0 Å². The molecule has 6 heteroatoms. The molecule has 6 nitrogen and oxygen atoms in total. The van der Waals surface area contributed by atoms with Gasteiger partial charge in [0.1, 0.15) is 5.69 Å². The second-order valence-corrected chi connectivity index (χ2v) is 5.40. The highest BCUT2D eigenvalue weighted by molar-refractivity contribution is 6.05. The molecule has 3 rings (SSSR count). The molecule has 0 unspecified atom stereocenters. The van der Waals surface area contributed by atoms with Gasteiger partial charge in [-0.3, -0.25) is 18.8 Å². The van der Waals surface area contributed by atoms with Gasteiger partial charge in [-0.15, -0.1) is 0 Å². The molecule has 0 radical (unpaired) electrons. The maximum atomic E-state index is 12.7. The summed E-state index contributed by atoms with van der Waals surface area (Å²) in [6.07, 6.45) is 1.65. The topological polar surface area (TPSA) is 69.8 Å². The van der Waals surface area contributed by atoms with E-state index in [9.17, 15) is 9.59 Å². The summed E-state index contributed by atoms with van der Waals surface area (Å²) in [7, 11) is 3.46. The standard InChI is InChI=1S/C16H16N4O2/c1-9-7-11(10(2)21)14-12(8-9)16(22)19(3)15(18-14)13-5-6-17-20(13)4/h5-8H,1-4H3. The van der Waals surface area contributed by atoms with Crippen molar-refractivity contribution < 1.29 is 4.79 Å². The molecule has 0 aliphatic heterocycles. The zero-order valence-electron chi connectivity index (χ0n) is 12.9. The number of carbonyl (C=O) groups is 1. The molecular weight excluding hydrogens is 280 g/mol. The summed E-state index contributed by atoms with van der Waals surface area (Å²) in [4.78, 5) is 29.2. The number of aryl methyl sites for hydroxylation is 2. The number of aromatic nitrogens is 4. The van der Waals surface area contributed by atoms with E-state index in [1.54, 1.807) is 43.2 Å². The number of hydrogen-bond donors (Lipinski definition) is 0. The Bertz CT molecular complexity index is 966. The lowest BCUT2D eigenvalue weighted by molar-refractivity contribution is 0.101. The van der Waals surface area contributed by atoms with Crippen molar-refractivity contribution in [2.24, 2.45) is 14.1 Å². The van der Waals surface area contributed by atoms with E-state index in [1.165, 1.54) is 11.5 Å². The maximum absolute atomic E-state index is 12.7. The smallest absolute Gasteiger partial charge is 0.261 e. The maximum Gasteiger partial charge on any atom is 0.261 e. The number of fused-ring (bicyclic) bond motifs is 1. The van der Waals surface area contributed by atoms with E-state index in [-0.39, 0.29) is 11.3 Å². The van der Waals surface area contributed by atoms with Crippen LogP contribution >= 0.6 is 0 Å². The van der Waals surface area contributed by atoms with Gasteiger partial charge < -0.3 is 0 Å². The molecule has 112 valence electrons. The fourth-order valence-corrected chi connectivity index (χ4v) is 2.61. The van der Waals surface area contributed by atoms with Gasteiger partial charge in [-0.1, -0.05) is 0 Å². The summed E-state index contributed by atoms with van der Waals surface area (Å²) in [6.45, 7) is 3.34. The van der Waals surface area contributed by atoms with Crippen LogP contribution in [0.2, 0.25) is 0 Å². The van der Waals surface area contributed by atoms with Gasteiger partial charge in [-0.2, -0.15) is 5.10 Å². The van der Waals surface area contributed by atoms with Crippen molar-refractivity contribution in [2.75, 3.05) is 0 Å². The van der Waals surface area contributed by atoms with Gasteiger partial charge >= 0.3 is 0 Å². The largest absolute Gasteiger partial charge is 0.294 e. The molecule has 0 saturated carbocycles. The van der Waals surface area contributed by atoms with Gasteiger partial charge in [0.15, 0.2) is 11.6 Å². The van der Waals surface area contributed by atoms with Crippen LogP contribution in [0.1, 0.15) is 22.8 Å². The molecule has 0 atom stereocenters. The summed E-state index contributed by atoms with van der Waals surface area (Å²) in [5.74, 6) is 0.384. The minimum Gasteiger partial charge on any atom is -0.294 e. The lowest BCUT2D eigenvalue weighted by Crippen LogP contribution is -2.22. The van der Waals surface area contributed by atoms with Crippen molar-refractivity contribution in [3.63, 3.8) is 0 Å². The minimum atomic E-state index is -0.174. The highest BCUT2D eigenvalue weighted by Gasteiger charge is 2.17. The number of nitrogens with zero attached hydrogens (tertiary/aromatic N) is 4. The Hall–Kier alpha value is -2.76. The quantitative estimate of drug-likeness (QED) is 0.677. The second-order valence-electron chi connectivity index (χ2n) is 5.40. The van der Waals surface area contributed by atoms with Crippen molar-refractivity contribution in [3.05, 3.63) is 45.9 Å². The molecule has 0 aliphatic carbocycles. The Morgan fingerprint density at radius 3 is 2.55 bits per heavy atom. The Labute approximate surface area is 127 Å². The lowest BCUT2D eigenvalue weighted by atomic mass is 10.0. The highest BCUT2D eigenvalue weighted by atomic mass is 16.1. The normalized spacial score (nSPS) is 11.1. The Morgan fingerprint density at radius 1 is 1.23 bits per heavy atom. The predicted molar refractivity (Wildman–Crippen MR) is 83.9 cm³/mol. The zero-order chi connectivity index (χ0) is 16.0. The summed E-state index contributed by atoms with van der Waals surface area (Å²) in [5, 5.41) is 4.57. The molecule has 22 heavy (non-hydrogen) atoms. The van der Waals surface area contributed by atoms with E-state index in [0.717, 1.165) is 11.3 Å². The Balaban J connectivity index is 2.48. The number of ketones is 1. The first-order chi connectivity index (χ1) is 10.4. The number of Topliss-reactive ketones (excluding diaryl/α,β-unsaturated/α-hetero) is 1. The Morgan fingerprint density at radius 2 is 1.95 bits per heavy atom. The van der Waals surface area contributed by atoms with Gasteiger partial charge in [0.25, 0.3) is 5.56 Å². The average molecular weight is 296 g/mol. The molecule has 0 amide bonds. The highest BCUT2D eigenvalue weighted by Crippen LogP contribution is 2.21. The molecule has 2 heterocycles. The fraction of sp³-hybridized carbons (Fsp3) is 0.250. The SMILES string of the molecule is CC(=O)c1cc(C)cc2c(=O)n(C)c(-c3ccnn3C)nc12. The van der Waals surface area contributed by atoms with Gasteiger partial charge in [-0.25, -0.2) is 4.98 Å². The zero-order valence-corrected chi connectivity index (χ0v) is 12.9. The molecule has 1 aromatic carbocycles. The van der Waals surface area contributed by atoms with Crippen LogP contribution in [-0.4, -0.2) is 25.1 Å². The van der Waals surface area contributed by atoms with E-state index in [1.807, 2.05) is 6.92 Å². The molecular formula is C16H16N4O2. The number of hydrogen-bond acceptors (Lipinski definition) is 4. The third kappa shape index (κ3) is 2.04. The third-order valence-electron chi connectivity index (χ3n) is 3.75. The van der Waals surface area contributed by atoms with E-state index >= 15 is 0 Å². The van der Waals surface area contributed by atoms with Crippen molar-refractivity contribution in [2.45, 2.75) is 13.8 Å². The number of rotatable bonds is 2. The molecule has 2 aromatic heterocycles. The van der Waals surface area contributed by atoms with Gasteiger partial charge in [0, 0.05) is 25.9 Å². The molecule has 3 aromatic rings. The Kier molecular flexibility index (Phi) is 3.16. The average Bonchev–Trinajstić information content (AvgIpc) is 2.88. The van der Waals surface area contributed by atoms with Crippen LogP contribution in [0.3, 0.4) is 0 Å². The number of carbonyl (C=O) groups excluding carboxylic acids is 1. The van der Waals surface area contributed by atoms with Crippen LogP contribution in [0, 0.1) is 6.92 Å². The molecule has 0 spiro atoms.